The molecule has 0 spiro atoms. The summed E-state index contributed by atoms with van der Waals surface area (Å²) in [6.07, 6.45) is 14.6. The molecule has 0 radical (unpaired) electrons. The highest BCUT2D eigenvalue weighted by Gasteiger charge is 2.73. The van der Waals surface area contributed by atoms with Crippen LogP contribution < -0.4 is 10.6 Å². The van der Waals surface area contributed by atoms with Crippen molar-refractivity contribution in [2.24, 2.45) is 62.1 Å². The van der Waals surface area contributed by atoms with E-state index in [1.54, 1.807) is 6.92 Å². The standard InChI is InChI=1S/C37H62N2O3/c1-9-38-22-23-39-31(41)37-17-12-25(33(5)18-19-33)30(37)26-10-11-28-34(6)15-14-29(42-24(2)40)32(3,4)27(34)13-16-36(28,8)35(26,7)20-21-37/h25-30,38H,9-23H2,1-8H3,(H,39,41)/t25-,26-,27+,28-,29+,30-,34+,35-,36-,37+/m1/s1. The van der Waals surface area contributed by atoms with Gasteiger partial charge >= 0.3 is 5.97 Å². The van der Waals surface area contributed by atoms with Gasteiger partial charge in [0.1, 0.15) is 6.10 Å². The first-order chi connectivity index (χ1) is 19.7. The molecule has 2 N–H and O–H groups in total. The van der Waals surface area contributed by atoms with Crippen molar-refractivity contribution in [2.45, 2.75) is 139 Å². The third kappa shape index (κ3) is 4.23. The molecule has 5 nitrogen and oxygen atoms in total. The normalized spacial score (nSPS) is 48.2. The number of amides is 1. The zero-order valence-corrected chi connectivity index (χ0v) is 28.3. The van der Waals surface area contributed by atoms with Crippen molar-refractivity contribution in [2.75, 3.05) is 19.6 Å². The SMILES string of the molecule is CCNCCNC(=O)[C@]12CC[C@@H](C3(C)CC3)[C@@H]1[C@H]1CC[C@@H]3[C@@]4(C)CC[C@H](OC(C)=O)C(C)(C)[C@@H]4CC[C@@]3(C)[C@]1(C)CC2. The molecule has 1 amide bonds. The molecule has 6 aliphatic carbocycles. The van der Waals surface area contributed by atoms with Crippen LogP contribution in [0, 0.1) is 62.1 Å². The molecule has 0 bridgehead atoms. The lowest BCUT2D eigenvalue weighted by atomic mass is 9.32. The minimum atomic E-state index is -0.166. The Labute approximate surface area is 256 Å². The maximum atomic E-state index is 14.2. The highest BCUT2D eigenvalue weighted by Crippen LogP contribution is 2.79. The monoisotopic (exact) mass is 582 g/mol. The Morgan fingerprint density at radius 3 is 2.14 bits per heavy atom. The van der Waals surface area contributed by atoms with Crippen LogP contribution >= 0.6 is 0 Å². The average molecular weight is 583 g/mol. The van der Waals surface area contributed by atoms with E-state index in [0.717, 1.165) is 38.9 Å². The fourth-order valence-electron chi connectivity index (χ4n) is 13.3. The van der Waals surface area contributed by atoms with Gasteiger partial charge in [0.15, 0.2) is 0 Å². The summed E-state index contributed by atoms with van der Waals surface area (Å²) in [7, 11) is 0. The van der Waals surface area contributed by atoms with Crippen LogP contribution in [0.1, 0.15) is 132 Å². The van der Waals surface area contributed by atoms with Gasteiger partial charge in [-0.3, -0.25) is 9.59 Å². The van der Waals surface area contributed by atoms with Crippen LogP contribution in [0.2, 0.25) is 0 Å². The second kappa shape index (κ2) is 10.2. The number of carbonyl (C=O) groups excluding carboxylic acids is 2. The van der Waals surface area contributed by atoms with E-state index in [0.29, 0.717) is 40.9 Å². The number of hydrogen-bond donors (Lipinski definition) is 2. The van der Waals surface area contributed by atoms with Crippen molar-refractivity contribution in [3.05, 3.63) is 0 Å². The first-order valence-corrected chi connectivity index (χ1v) is 17.9. The number of carbonyl (C=O) groups is 2. The van der Waals surface area contributed by atoms with E-state index in [1.165, 1.54) is 57.8 Å². The largest absolute Gasteiger partial charge is 0.462 e. The van der Waals surface area contributed by atoms with Crippen LogP contribution in [0.5, 0.6) is 0 Å². The number of hydrogen-bond acceptors (Lipinski definition) is 4. The summed E-state index contributed by atoms with van der Waals surface area (Å²) in [4.78, 5) is 26.3. The van der Waals surface area contributed by atoms with E-state index in [4.69, 9.17) is 4.74 Å². The Bertz CT molecular complexity index is 1080. The molecule has 0 aliphatic heterocycles. The molecule has 6 fully saturated rings. The van der Waals surface area contributed by atoms with E-state index < -0.39 is 0 Å². The van der Waals surface area contributed by atoms with Crippen molar-refractivity contribution in [1.29, 1.82) is 0 Å². The summed E-state index contributed by atoms with van der Waals surface area (Å²) in [6.45, 7) is 21.6. The Morgan fingerprint density at radius 1 is 0.738 bits per heavy atom. The van der Waals surface area contributed by atoms with Crippen LogP contribution in [0.15, 0.2) is 0 Å². The van der Waals surface area contributed by atoms with E-state index in [-0.39, 0.29) is 39.1 Å². The van der Waals surface area contributed by atoms with E-state index in [9.17, 15) is 9.59 Å². The Balaban J connectivity index is 1.32. The zero-order chi connectivity index (χ0) is 30.3. The predicted molar refractivity (Wildman–Crippen MR) is 169 cm³/mol. The van der Waals surface area contributed by atoms with Crippen LogP contribution in [-0.4, -0.2) is 37.6 Å². The van der Waals surface area contributed by atoms with Crippen LogP contribution in [0.3, 0.4) is 0 Å². The van der Waals surface area contributed by atoms with Crippen molar-refractivity contribution in [3.63, 3.8) is 0 Å². The molecule has 238 valence electrons. The number of fused-ring (bicyclic) bond motifs is 7. The topological polar surface area (TPSA) is 67.4 Å². The van der Waals surface area contributed by atoms with Gasteiger partial charge in [-0.1, -0.05) is 48.5 Å². The quantitative estimate of drug-likeness (QED) is 0.241. The molecule has 0 unspecified atom stereocenters. The summed E-state index contributed by atoms with van der Waals surface area (Å²) in [5, 5.41) is 6.85. The Hall–Kier alpha value is -1.10. The van der Waals surface area contributed by atoms with E-state index in [2.05, 4.69) is 59.1 Å². The van der Waals surface area contributed by atoms with Crippen molar-refractivity contribution >= 4 is 11.9 Å². The molecule has 6 saturated carbocycles. The number of rotatable bonds is 7. The Morgan fingerprint density at radius 2 is 1.48 bits per heavy atom. The lowest BCUT2D eigenvalue weighted by Crippen LogP contribution is -2.67. The minimum absolute atomic E-state index is 0.00130. The third-order valence-electron chi connectivity index (χ3n) is 15.9. The van der Waals surface area contributed by atoms with Gasteiger partial charge in [-0.2, -0.15) is 0 Å². The first kappa shape index (κ1) is 30.9. The molecule has 42 heavy (non-hydrogen) atoms. The molecule has 6 rings (SSSR count). The highest BCUT2D eigenvalue weighted by molar-refractivity contribution is 5.83. The average Bonchev–Trinajstić information content (AvgIpc) is 3.53. The summed E-state index contributed by atoms with van der Waals surface area (Å²) in [5.41, 5.74) is 1.12. The van der Waals surface area contributed by atoms with Crippen LogP contribution in [0.25, 0.3) is 0 Å². The highest BCUT2D eigenvalue weighted by atomic mass is 16.5. The van der Waals surface area contributed by atoms with Gasteiger partial charge in [-0.05, 0) is 135 Å². The minimum Gasteiger partial charge on any atom is -0.462 e. The van der Waals surface area contributed by atoms with Gasteiger partial charge in [-0.15, -0.1) is 0 Å². The molecular formula is C37H62N2O3. The van der Waals surface area contributed by atoms with Gasteiger partial charge in [0.05, 0.1) is 5.41 Å². The maximum Gasteiger partial charge on any atom is 0.302 e. The van der Waals surface area contributed by atoms with Crippen LogP contribution in [-0.2, 0) is 14.3 Å². The van der Waals surface area contributed by atoms with Crippen molar-refractivity contribution in [3.8, 4) is 0 Å². The van der Waals surface area contributed by atoms with Gasteiger partial charge in [0.2, 0.25) is 5.91 Å². The van der Waals surface area contributed by atoms with E-state index in [1.807, 2.05) is 0 Å². The van der Waals surface area contributed by atoms with E-state index >= 15 is 0 Å². The van der Waals surface area contributed by atoms with Gasteiger partial charge < -0.3 is 15.4 Å². The molecule has 0 saturated heterocycles. The summed E-state index contributed by atoms with van der Waals surface area (Å²) in [5.74, 6) is 3.40. The fraction of sp³-hybridized carbons (Fsp3) is 0.946. The molecule has 0 aromatic rings. The first-order valence-electron chi connectivity index (χ1n) is 17.9. The third-order valence-corrected chi connectivity index (χ3v) is 15.9. The summed E-state index contributed by atoms with van der Waals surface area (Å²) < 4.78 is 5.96. The molecular weight excluding hydrogens is 520 g/mol. The van der Waals surface area contributed by atoms with Gasteiger partial charge in [0, 0.05) is 25.4 Å². The summed E-state index contributed by atoms with van der Waals surface area (Å²) in [6, 6.07) is 0. The smallest absolute Gasteiger partial charge is 0.302 e. The lowest BCUT2D eigenvalue weighted by molar-refractivity contribution is -0.250. The van der Waals surface area contributed by atoms with Crippen molar-refractivity contribution in [1.82, 2.24) is 10.6 Å². The number of nitrogens with one attached hydrogen (secondary N) is 2. The number of ether oxygens (including phenoxy) is 1. The molecule has 6 aliphatic rings. The van der Waals surface area contributed by atoms with Crippen molar-refractivity contribution < 1.29 is 14.3 Å². The number of esters is 1. The number of likely N-dealkylation sites (N-methyl/N-ethyl adjacent to an activating group) is 1. The van der Waals surface area contributed by atoms with Gasteiger partial charge in [0.25, 0.3) is 0 Å². The van der Waals surface area contributed by atoms with Crippen LogP contribution in [0.4, 0.5) is 0 Å². The maximum absolute atomic E-state index is 14.2. The lowest BCUT2D eigenvalue weighted by Gasteiger charge is -2.73. The zero-order valence-electron chi connectivity index (χ0n) is 28.3. The Kier molecular flexibility index (Phi) is 7.51. The van der Waals surface area contributed by atoms with Gasteiger partial charge in [-0.25, -0.2) is 0 Å². The molecule has 0 heterocycles. The molecule has 5 heteroatoms. The molecule has 10 atom stereocenters. The summed E-state index contributed by atoms with van der Waals surface area (Å²) >= 11 is 0. The molecule has 0 aromatic heterocycles. The predicted octanol–water partition coefficient (Wildman–Crippen LogP) is 7.53. The molecule has 0 aromatic carbocycles. The fourth-order valence-corrected chi connectivity index (χ4v) is 13.3. The second-order valence-corrected chi connectivity index (χ2v) is 17.7. The second-order valence-electron chi connectivity index (χ2n) is 17.7.